The Labute approximate surface area is 204 Å². The summed E-state index contributed by atoms with van der Waals surface area (Å²) < 4.78 is 52.4. The quantitative estimate of drug-likeness (QED) is 0.495. The molecule has 2 aromatic rings. The predicted octanol–water partition coefficient (Wildman–Crippen LogP) is 5.96. The van der Waals surface area contributed by atoms with E-state index in [0.717, 1.165) is 63.0 Å². The standard InChI is InChI=1S/C26H32F3N3O3/c1-3-4-11-31-12-9-20(10-13-31)32(16-18-5-8-23-24(14-18)35-17-34-23)25(33)30-19-6-7-22(27)21(15-19)26(2,28)29/h5-8,14-15,20H,3-4,9-13,16-17H2,1-2H3,(H,30,33). The lowest BCUT2D eigenvalue weighted by Crippen LogP contribution is -2.48. The second-order valence-electron chi connectivity index (χ2n) is 9.26. The van der Waals surface area contributed by atoms with E-state index in [9.17, 15) is 18.0 Å². The van der Waals surface area contributed by atoms with Gasteiger partial charge in [-0.3, -0.25) is 0 Å². The molecule has 0 spiro atoms. The van der Waals surface area contributed by atoms with Crippen LogP contribution in [0.5, 0.6) is 11.5 Å². The van der Waals surface area contributed by atoms with Gasteiger partial charge < -0.3 is 24.6 Å². The zero-order valence-corrected chi connectivity index (χ0v) is 20.2. The SMILES string of the molecule is CCCCN1CCC(N(Cc2ccc3c(c2)OCO3)C(=O)Nc2ccc(F)c(C(C)(F)F)c2)CC1. The molecule has 2 amide bonds. The van der Waals surface area contributed by atoms with E-state index in [1.165, 1.54) is 6.07 Å². The third kappa shape index (κ3) is 6.20. The molecular formula is C26H32F3N3O3. The fraction of sp³-hybridized carbons (Fsp3) is 0.500. The number of hydrogen-bond acceptors (Lipinski definition) is 4. The van der Waals surface area contributed by atoms with E-state index in [1.807, 2.05) is 18.2 Å². The van der Waals surface area contributed by atoms with Crippen LogP contribution < -0.4 is 14.8 Å². The van der Waals surface area contributed by atoms with Gasteiger partial charge in [0.2, 0.25) is 6.79 Å². The first kappa shape index (κ1) is 25.2. The van der Waals surface area contributed by atoms with Gasteiger partial charge in [0.05, 0.1) is 5.56 Å². The van der Waals surface area contributed by atoms with Gasteiger partial charge in [-0.1, -0.05) is 19.4 Å². The number of rotatable bonds is 8. The highest BCUT2D eigenvalue weighted by molar-refractivity contribution is 5.89. The van der Waals surface area contributed by atoms with Crippen molar-refractivity contribution in [3.63, 3.8) is 0 Å². The maximum atomic E-state index is 13.9. The van der Waals surface area contributed by atoms with Crippen molar-refractivity contribution in [2.45, 2.75) is 58.0 Å². The fourth-order valence-electron chi connectivity index (χ4n) is 4.57. The van der Waals surface area contributed by atoms with E-state index in [4.69, 9.17) is 9.47 Å². The van der Waals surface area contributed by atoms with Crippen LogP contribution in [-0.2, 0) is 12.5 Å². The number of amides is 2. The van der Waals surface area contributed by atoms with E-state index < -0.39 is 23.3 Å². The minimum absolute atomic E-state index is 0.0224. The Morgan fingerprint density at radius 1 is 1.14 bits per heavy atom. The van der Waals surface area contributed by atoms with E-state index in [2.05, 4.69) is 17.1 Å². The number of carbonyl (C=O) groups excluding carboxylic acids is 1. The van der Waals surface area contributed by atoms with Gasteiger partial charge >= 0.3 is 6.03 Å². The zero-order chi connectivity index (χ0) is 25.0. The summed E-state index contributed by atoms with van der Waals surface area (Å²) in [6, 6.07) is 8.38. The number of piperidine rings is 1. The summed E-state index contributed by atoms with van der Waals surface area (Å²) in [5.41, 5.74) is 0.253. The van der Waals surface area contributed by atoms with Crippen molar-refractivity contribution in [2.24, 2.45) is 0 Å². The Morgan fingerprint density at radius 2 is 1.89 bits per heavy atom. The molecule has 1 fully saturated rings. The summed E-state index contributed by atoms with van der Waals surface area (Å²) in [5.74, 6) is -3.08. The Morgan fingerprint density at radius 3 is 2.60 bits per heavy atom. The van der Waals surface area contributed by atoms with Gasteiger partial charge in [0.15, 0.2) is 11.5 Å². The van der Waals surface area contributed by atoms with Gasteiger partial charge in [-0.2, -0.15) is 0 Å². The number of urea groups is 1. The molecule has 2 aromatic carbocycles. The lowest BCUT2D eigenvalue weighted by Gasteiger charge is -2.38. The Bertz CT molecular complexity index is 1040. The molecule has 1 saturated heterocycles. The molecule has 9 heteroatoms. The van der Waals surface area contributed by atoms with Crippen molar-refractivity contribution in [1.29, 1.82) is 0 Å². The van der Waals surface area contributed by atoms with Gasteiger partial charge in [0, 0.05) is 38.3 Å². The zero-order valence-electron chi connectivity index (χ0n) is 20.2. The van der Waals surface area contributed by atoms with Crippen molar-refractivity contribution < 1.29 is 27.4 Å². The third-order valence-corrected chi connectivity index (χ3v) is 6.57. The number of likely N-dealkylation sites (tertiary alicyclic amines) is 1. The van der Waals surface area contributed by atoms with Crippen molar-refractivity contribution in [3.05, 3.63) is 53.3 Å². The number of nitrogens with one attached hydrogen (secondary N) is 1. The molecule has 0 bridgehead atoms. The normalized spacial score (nSPS) is 16.4. The Hall–Kier alpha value is -2.94. The molecule has 0 atom stereocenters. The number of halogens is 3. The molecule has 190 valence electrons. The third-order valence-electron chi connectivity index (χ3n) is 6.57. The highest BCUT2D eigenvalue weighted by atomic mass is 19.3. The molecule has 0 radical (unpaired) electrons. The molecule has 6 nitrogen and oxygen atoms in total. The molecule has 35 heavy (non-hydrogen) atoms. The monoisotopic (exact) mass is 491 g/mol. The fourth-order valence-corrected chi connectivity index (χ4v) is 4.57. The number of fused-ring (bicyclic) bond motifs is 1. The van der Waals surface area contributed by atoms with Gasteiger partial charge in [-0.15, -0.1) is 0 Å². The summed E-state index contributed by atoms with van der Waals surface area (Å²) in [4.78, 5) is 17.6. The molecule has 1 N–H and O–H groups in total. The number of nitrogens with zero attached hydrogens (tertiary/aromatic N) is 2. The lowest BCUT2D eigenvalue weighted by molar-refractivity contribution is 0.0138. The van der Waals surface area contributed by atoms with Gasteiger partial charge in [-0.05, 0) is 61.7 Å². The maximum Gasteiger partial charge on any atom is 0.322 e. The number of hydrogen-bond donors (Lipinski definition) is 1. The van der Waals surface area contributed by atoms with Crippen molar-refractivity contribution in [1.82, 2.24) is 9.80 Å². The molecule has 2 aliphatic rings. The van der Waals surface area contributed by atoms with Crippen LogP contribution in [0.25, 0.3) is 0 Å². The highest BCUT2D eigenvalue weighted by Gasteiger charge is 2.31. The first-order chi connectivity index (χ1) is 16.7. The summed E-state index contributed by atoms with van der Waals surface area (Å²) in [6.45, 7) is 6.10. The number of unbranched alkanes of at least 4 members (excludes halogenated alkanes) is 1. The van der Waals surface area contributed by atoms with Crippen LogP contribution in [0.4, 0.5) is 23.7 Å². The average molecular weight is 492 g/mol. The number of anilines is 1. The number of ether oxygens (including phenoxy) is 2. The Balaban J connectivity index is 1.52. The number of alkyl halides is 2. The van der Waals surface area contributed by atoms with Gasteiger partial charge in [-0.25, -0.2) is 18.0 Å². The van der Waals surface area contributed by atoms with E-state index in [1.54, 1.807) is 4.90 Å². The molecule has 0 aliphatic carbocycles. The smallest absolute Gasteiger partial charge is 0.322 e. The van der Waals surface area contributed by atoms with Crippen molar-refractivity contribution in [3.8, 4) is 11.5 Å². The molecule has 2 aliphatic heterocycles. The first-order valence-corrected chi connectivity index (χ1v) is 12.1. The van der Waals surface area contributed by atoms with E-state index in [0.29, 0.717) is 25.0 Å². The van der Waals surface area contributed by atoms with E-state index >= 15 is 0 Å². The Kier molecular flexibility index (Phi) is 7.74. The summed E-state index contributed by atoms with van der Waals surface area (Å²) >= 11 is 0. The lowest BCUT2D eigenvalue weighted by atomic mass is 10.0. The predicted molar refractivity (Wildman–Crippen MR) is 127 cm³/mol. The van der Waals surface area contributed by atoms with Crippen molar-refractivity contribution >= 4 is 11.7 Å². The van der Waals surface area contributed by atoms with Crippen LogP contribution in [-0.4, -0.2) is 48.3 Å². The van der Waals surface area contributed by atoms with Gasteiger partial charge in [0.25, 0.3) is 5.92 Å². The van der Waals surface area contributed by atoms with Crippen LogP contribution in [0.3, 0.4) is 0 Å². The molecule has 2 heterocycles. The minimum atomic E-state index is -3.36. The molecule has 0 unspecified atom stereocenters. The summed E-state index contributed by atoms with van der Waals surface area (Å²) in [5, 5.41) is 2.71. The molecule has 4 rings (SSSR count). The summed E-state index contributed by atoms with van der Waals surface area (Å²) in [6.07, 6.45) is 3.89. The van der Waals surface area contributed by atoms with Crippen LogP contribution >= 0.6 is 0 Å². The van der Waals surface area contributed by atoms with Gasteiger partial charge in [0.1, 0.15) is 5.82 Å². The molecule has 0 aromatic heterocycles. The number of carbonyl (C=O) groups is 1. The average Bonchev–Trinajstić information content (AvgIpc) is 3.30. The van der Waals surface area contributed by atoms with Crippen LogP contribution in [0.1, 0.15) is 50.7 Å². The second-order valence-corrected chi connectivity index (χ2v) is 9.26. The molecule has 0 saturated carbocycles. The summed E-state index contributed by atoms with van der Waals surface area (Å²) in [7, 11) is 0. The minimum Gasteiger partial charge on any atom is -0.454 e. The topological polar surface area (TPSA) is 54.0 Å². The number of benzene rings is 2. The maximum absolute atomic E-state index is 13.9. The van der Waals surface area contributed by atoms with Crippen LogP contribution in [0.15, 0.2) is 36.4 Å². The highest BCUT2D eigenvalue weighted by Crippen LogP contribution is 2.34. The largest absolute Gasteiger partial charge is 0.454 e. The first-order valence-electron chi connectivity index (χ1n) is 12.1. The molecular weight excluding hydrogens is 459 g/mol. The van der Waals surface area contributed by atoms with E-state index in [-0.39, 0.29) is 18.5 Å². The second kappa shape index (κ2) is 10.8. The van der Waals surface area contributed by atoms with Crippen LogP contribution in [0, 0.1) is 5.82 Å². The van der Waals surface area contributed by atoms with Crippen molar-refractivity contribution in [2.75, 3.05) is 31.7 Å². The van der Waals surface area contributed by atoms with Crippen LogP contribution in [0.2, 0.25) is 0 Å².